The number of carbonyl (C=O) groups excluding carboxylic acids is 2. The molecule has 0 fully saturated rings. The molecule has 1 aliphatic heterocycles. The lowest BCUT2D eigenvalue weighted by atomic mass is 10.2. The van der Waals surface area contributed by atoms with Crippen molar-refractivity contribution in [2.75, 3.05) is 0 Å². The fraction of sp³-hybridized carbons (Fsp3) is 0.500. The summed E-state index contributed by atoms with van der Waals surface area (Å²) in [6.45, 7) is 7.50. The quantitative estimate of drug-likeness (QED) is 0.728. The first-order valence-corrected chi connectivity index (χ1v) is 5.68. The van der Waals surface area contributed by atoms with Gasteiger partial charge in [-0.05, 0) is 13.8 Å². The summed E-state index contributed by atoms with van der Waals surface area (Å²) in [6, 6.07) is -0.160. The maximum Gasteiger partial charge on any atom is 0.280 e. The van der Waals surface area contributed by atoms with E-state index in [1.54, 1.807) is 13.8 Å². The second-order valence-electron chi connectivity index (χ2n) is 4.72. The van der Waals surface area contributed by atoms with Gasteiger partial charge in [-0.25, -0.2) is 9.97 Å². The Morgan fingerprint density at radius 3 is 2.29 bits per heavy atom. The molecule has 90 valence electrons. The summed E-state index contributed by atoms with van der Waals surface area (Å²) >= 11 is 0. The molecule has 17 heavy (non-hydrogen) atoms. The zero-order valence-corrected chi connectivity index (χ0v) is 10.4. The Morgan fingerprint density at radius 1 is 1.12 bits per heavy atom. The van der Waals surface area contributed by atoms with Crippen molar-refractivity contribution >= 4 is 11.8 Å². The van der Waals surface area contributed by atoms with E-state index in [0.717, 1.165) is 0 Å². The van der Waals surface area contributed by atoms with Crippen molar-refractivity contribution in [2.45, 2.75) is 39.7 Å². The molecule has 5 nitrogen and oxygen atoms in total. The third-order valence-electron chi connectivity index (χ3n) is 2.71. The first-order valence-electron chi connectivity index (χ1n) is 5.68. The van der Waals surface area contributed by atoms with Crippen LogP contribution in [0.1, 0.15) is 60.3 Å². The summed E-state index contributed by atoms with van der Waals surface area (Å²) in [5.41, 5.74) is 0.551. The molecule has 1 aromatic rings. The van der Waals surface area contributed by atoms with E-state index in [4.69, 9.17) is 0 Å². The van der Waals surface area contributed by atoms with Crippen LogP contribution in [0.25, 0.3) is 0 Å². The third-order valence-corrected chi connectivity index (χ3v) is 2.71. The van der Waals surface area contributed by atoms with Crippen molar-refractivity contribution in [3.05, 3.63) is 23.3 Å². The standard InChI is InChI=1S/C12H15N3O2/c1-6(2)10-13-5-8-9(14-10)12(17)15(7(3)4)11(8)16/h5-7H,1-4H3. The highest BCUT2D eigenvalue weighted by molar-refractivity contribution is 6.20. The highest BCUT2D eigenvalue weighted by atomic mass is 16.2. The zero-order valence-electron chi connectivity index (χ0n) is 10.4. The fourth-order valence-electron chi connectivity index (χ4n) is 1.80. The molecule has 2 heterocycles. The molecule has 2 rings (SSSR count). The summed E-state index contributed by atoms with van der Waals surface area (Å²) in [7, 11) is 0. The van der Waals surface area contributed by atoms with Crippen LogP contribution < -0.4 is 0 Å². The summed E-state index contributed by atoms with van der Waals surface area (Å²) in [4.78, 5) is 33.5. The molecule has 1 aromatic heterocycles. The zero-order chi connectivity index (χ0) is 12.7. The van der Waals surface area contributed by atoms with Crippen LogP contribution >= 0.6 is 0 Å². The lowest BCUT2D eigenvalue weighted by Gasteiger charge is -2.17. The number of hydrogen-bond donors (Lipinski definition) is 0. The fourth-order valence-corrected chi connectivity index (χ4v) is 1.80. The molecule has 0 saturated heterocycles. The Kier molecular flexibility index (Phi) is 2.69. The molecular weight excluding hydrogens is 218 g/mol. The van der Waals surface area contributed by atoms with E-state index in [1.807, 2.05) is 13.8 Å². The van der Waals surface area contributed by atoms with Gasteiger partial charge in [-0.15, -0.1) is 0 Å². The van der Waals surface area contributed by atoms with Crippen molar-refractivity contribution in [1.29, 1.82) is 0 Å². The smallest absolute Gasteiger partial charge is 0.270 e. The van der Waals surface area contributed by atoms with Gasteiger partial charge in [0, 0.05) is 18.2 Å². The monoisotopic (exact) mass is 233 g/mol. The molecule has 1 aliphatic rings. The molecule has 0 bridgehead atoms. The van der Waals surface area contributed by atoms with Gasteiger partial charge in [0.1, 0.15) is 11.5 Å². The van der Waals surface area contributed by atoms with Crippen molar-refractivity contribution in [3.8, 4) is 0 Å². The topological polar surface area (TPSA) is 63.2 Å². The van der Waals surface area contributed by atoms with Crippen molar-refractivity contribution in [1.82, 2.24) is 14.9 Å². The van der Waals surface area contributed by atoms with Gasteiger partial charge in [-0.1, -0.05) is 13.8 Å². The van der Waals surface area contributed by atoms with Crippen molar-refractivity contribution < 1.29 is 9.59 Å². The van der Waals surface area contributed by atoms with Gasteiger partial charge >= 0.3 is 0 Å². The molecule has 0 aromatic carbocycles. The predicted molar refractivity (Wildman–Crippen MR) is 61.8 cm³/mol. The average Bonchev–Trinajstić information content (AvgIpc) is 2.51. The minimum atomic E-state index is -0.315. The van der Waals surface area contributed by atoms with Crippen LogP contribution in [0, 0.1) is 0 Å². The Hall–Kier alpha value is -1.78. The minimum Gasteiger partial charge on any atom is -0.270 e. The number of aromatic nitrogens is 2. The van der Waals surface area contributed by atoms with E-state index in [-0.39, 0.29) is 29.5 Å². The average molecular weight is 233 g/mol. The SMILES string of the molecule is CC(C)c1ncc2c(n1)C(=O)N(C(C)C)C2=O. The molecule has 0 radical (unpaired) electrons. The first kappa shape index (κ1) is 11.7. The molecule has 0 aliphatic carbocycles. The number of carbonyl (C=O) groups is 2. The van der Waals surface area contributed by atoms with Crippen molar-refractivity contribution in [2.24, 2.45) is 0 Å². The van der Waals surface area contributed by atoms with Gasteiger partial charge in [0.2, 0.25) is 0 Å². The summed E-state index contributed by atoms with van der Waals surface area (Å²) in [5, 5.41) is 0. The highest BCUT2D eigenvalue weighted by Crippen LogP contribution is 2.23. The van der Waals surface area contributed by atoms with E-state index >= 15 is 0 Å². The van der Waals surface area contributed by atoms with Gasteiger partial charge < -0.3 is 0 Å². The Bertz CT molecular complexity index is 495. The summed E-state index contributed by atoms with van der Waals surface area (Å²) in [6.07, 6.45) is 1.46. The van der Waals surface area contributed by atoms with Crippen molar-refractivity contribution in [3.63, 3.8) is 0 Å². The number of fused-ring (bicyclic) bond motifs is 1. The number of hydrogen-bond acceptors (Lipinski definition) is 4. The summed E-state index contributed by atoms with van der Waals surface area (Å²) < 4.78 is 0. The molecule has 0 N–H and O–H groups in total. The highest BCUT2D eigenvalue weighted by Gasteiger charge is 2.39. The van der Waals surface area contributed by atoms with Crippen LogP contribution in [0.5, 0.6) is 0 Å². The number of rotatable bonds is 2. The van der Waals surface area contributed by atoms with Crippen LogP contribution in [-0.4, -0.2) is 32.7 Å². The molecule has 0 spiro atoms. The Labute approximate surface area is 99.9 Å². The molecule has 2 amide bonds. The van der Waals surface area contributed by atoms with E-state index < -0.39 is 0 Å². The number of imide groups is 1. The van der Waals surface area contributed by atoms with Gasteiger partial charge in [0.15, 0.2) is 0 Å². The Balaban J connectivity index is 2.51. The second-order valence-corrected chi connectivity index (χ2v) is 4.72. The minimum absolute atomic E-state index is 0.135. The van der Waals surface area contributed by atoms with Crippen LogP contribution in [0.4, 0.5) is 0 Å². The van der Waals surface area contributed by atoms with Gasteiger partial charge in [-0.2, -0.15) is 0 Å². The molecule has 0 saturated carbocycles. The molecule has 0 atom stereocenters. The lowest BCUT2D eigenvalue weighted by Crippen LogP contribution is -2.36. The first-order chi connectivity index (χ1) is 7.93. The third kappa shape index (κ3) is 1.71. The number of amides is 2. The largest absolute Gasteiger partial charge is 0.280 e. The van der Waals surface area contributed by atoms with E-state index in [2.05, 4.69) is 9.97 Å². The predicted octanol–water partition coefficient (Wildman–Crippen LogP) is 1.60. The van der Waals surface area contributed by atoms with Crippen LogP contribution in [0.3, 0.4) is 0 Å². The lowest BCUT2D eigenvalue weighted by molar-refractivity contribution is 0.0607. The second kappa shape index (κ2) is 3.91. The van der Waals surface area contributed by atoms with Crippen LogP contribution in [0.15, 0.2) is 6.20 Å². The Morgan fingerprint density at radius 2 is 1.76 bits per heavy atom. The molecular formula is C12H15N3O2. The normalized spacial score (nSPS) is 15.1. The number of nitrogens with zero attached hydrogens (tertiary/aromatic N) is 3. The molecule has 5 heteroatoms. The van der Waals surface area contributed by atoms with Gasteiger partial charge in [0.25, 0.3) is 11.8 Å². The van der Waals surface area contributed by atoms with Crippen LogP contribution in [-0.2, 0) is 0 Å². The summed E-state index contributed by atoms with van der Waals surface area (Å²) in [5.74, 6) is 0.117. The molecule has 0 unspecified atom stereocenters. The van der Waals surface area contributed by atoms with Crippen LogP contribution in [0.2, 0.25) is 0 Å². The van der Waals surface area contributed by atoms with Gasteiger partial charge in [0.05, 0.1) is 5.56 Å². The van der Waals surface area contributed by atoms with Gasteiger partial charge in [-0.3, -0.25) is 14.5 Å². The maximum absolute atomic E-state index is 12.0. The van der Waals surface area contributed by atoms with E-state index in [1.165, 1.54) is 11.1 Å². The maximum atomic E-state index is 12.0. The van der Waals surface area contributed by atoms with E-state index in [9.17, 15) is 9.59 Å². The van der Waals surface area contributed by atoms with E-state index in [0.29, 0.717) is 11.4 Å².